The number of imidazole rings is 1. The number of nitrogens with zero attached hydrogens (tertiary/aromatic N) is 3. The third kappa shape index (κ3) is 4.87. The molecule has 11 heteroatoms. The minimum absolute atomic E-state index is 0.183. The van der Waals surface area contributed by atoms with E-state index >= 15 is 0 Å². The molecule has 0 aromatic carbocycles. The number of carbonyl (C=O) groups excluding carboxylic acids is 4. The monoisotopic (exact) mass is 516 g/mol. The Bertz CT molecular complexity index is 825. The second-order valence-electron chi connectivity index (χ2n) is 7.30. The summed E-state index contributed by atoms with van der Waals surface area (Å²) in [6, 6.07) is -2.21. The molecule has 1 aromatic heterocycles. The van der Waals surface area contributed by atoms with Gasteiger partial charge in [0, 0.05) is 32.1 Å². The quantitative estimate of drug-likeness (QED) is 0.411. The number of nitrogens with one attached hydrogen (secondary N) is 2. The Morgan fingerprint density at radius 3 is 2.76 bits per heavy atom. The van der Waals surface area contributed by atoms with Crippen LogP contribution >= 0.6 is 22.6 Å². The molecule has 0 bridgehead atoms. The Morgan fingerprint density at radius 2 is 2.17 bits per heavy atom. The van der Waals surface area contributed by atoms with Crippen molar-refractivity contribution in [3.8, 4) is 0 Å². The Balaban J connectivity index is 1.79. The molecule has 4 amide bonds. The van der Waals surface area contributed by atoms with Crippen molar-refractivity contribution in [3.05, 3.63) is 15.7 Å². The zero-order valence-electron chi connectivity index (χ0n) is 16.2. The van der Waals surface area contributed by atoms with Crippen LogP contribution in [0.3, 0.4) is 0 Å². The number of carbonyl (C=O) groups is 4. The molecule has 3 heterocycles. The largest absolute Gasteiger partial charge is 0.368 e. The van der Waals surface area contributed by atoms with Crippen molar-refractivity contribution >= 4 is 46.2 Å². The number of amides is 4. The fraction of sp³-hybridized carbons (Fsp3) is 0.611. The average Bonchev–Trinajstić information content (AvgIpc) is 3.40. The topological polar surface area (TPSA) is 139 Å². The Kier molecular flexibility index (Phi) is 6.75. The number of hydrogen-bond acceptors (Lipinski definition) is 5. The minimum atomic E-state index is -0.893. The van der Waals surface area contributed by atoms with Gasteiger partial charge in [0.15, 0.2) is 3.83 Å². The maximum Gasteiger partial charge on any atom is 0.246 e. The molecular formula is C18H25IN6O4. The maximum absolute atomic E-state index is 13.2. The minimum Gasteiger partial charge on any atom is -0.368 e. The molecule has 29 heavy (non-hydrogen) atoms. The van der Waals surface area contributed by atoms with Crippen molar-refractivity contribution < 1.29 is 19.2 Å². The molecule has 0 saturated carbocycles. The van der Waals surface area contributed by atoms with Gasteiger partial charge >= 0.3 is 0 Å². The predicted molar refractivity (Wildman–Crippen MR) is 111 cm³/mol. The summed E-state index contributed by atoms with van der Waals surface area (Å²) in [5, 5.41) is 5.37. The van der Waals surface area contributed by atoms with E-state index in [0.717, 1.165) is 10.4 Å². The summed E-state index contributed by atoms with van der Waals surface area (Å²) in [7, 11) is 0. The van der Waals surface area contributed by atoms with E-state index in [-0.39, 0.29) is 24.7 Å². The van der Waals surface area contributed by atoms with E-state index in [2.05, 4.69) is 38.2 Å². The van der Waals surface area contributed by atoms with Crippen LogP contribution in [0, 0.1) is 3.83 Å². The molecule has 2 fully saturated rings. The van der Waals surface area contributed by atoms with Crippen molar-refractivity contribution in [2.24, 2.45) is 5.73 Å². The lowest BCUT2D eigenvalue weighted by Gasteiger charge is -2.28. The standard InChI is InChI=1S/C18H25IN6O4/c1-2-24-9-10(21-18(24)19)8-12(23-16(28)11-5-6-14(26)22-11)17(29)25-7-3-4-13(25)15(20)27/h9,11-13H,2-8H2,1H3,(H2,20,27)(H,22,26)(H,23,28)/t11-,12-,13-/m0/s1. The van der Waals surface area contributed by atoms with E-state index in [1.54, 1.807) is 0 Å². The first kappa shape index (κ1) is 21.5. The third-order valence-electron chi connectivity index (χ3n) is 5.32. The van der Waals surface area contributed by atoms with E-state index in [4.69, 9.17) is 5.73 Å². The van der Waals surface area contributed by atoms with Crippen LogP contribution < -0.4 is 16.4 Å². The van der Waals surface area contributed by atoms with Crippen LogP contribution in [-0.4, -0.2) is 62.7 Å². The molecule has 0 radical (unpaired) electrons. The first-order valence-electron chi connectivity index (χ1n) is 9.71. The SMILES string of the molecule is CCn1cc(C[C@H](NC(=O)[C@@H]2CCC(=O)N2)C(=O)N2CCC[C@H]2C(N)=O)nc1I. The highest BCUT2D eigenvalue weighted by atomic mass is 127. The summed E-state index contributed by atoms with van der Waals surface area (Å²) in [4.78, 5) is 54.9. The zero-order valence-corrected chi connectivity index (χ0v) is 18.3. The number of primary amides is 1. The fourth-order valence-corrected chi connectivity index (χ4v) is 4.57. The summed E-state index contributed by atoms with van der Waals surface area (Å²) in [6.07, 6.45) is 3.91. The lowest BCUT2D eigenvalue weighted by molar-refractivity contribution is -0.140. The van der Waals surface area contributed by atoms with Gasteiger partial charge < -0.3 is 25.8 Å². The van der Waals surface area contributed by atoms with Crippen molar-refractivity contribution in [1.82, 2.24) is 25.1 Å². The molecule has 0 aliphatic carbocycles. The van der Waals surface area contributed by atoms with Crippen molar-refractivity contribution in [2.75, 3.05) is 6.54 Å². The van der Waals surface area contributed by atoms with Crippen molar-refractivity contribution in [1.29, 1.82) is 0 Å². The molecule has 158 valence electrons. The summed E-state index contributed by atoms with van der Waals surface area (Å²) in [5.74, 6) is -1.50. The Morgan fingerprint density at radius 1 is 1.41 bits per heavy atom. The highest BCUT2D eigenvalue weighted by Gasteiger charge is 2.38. The molecule has 2 aliphatic rings. The second kappa shape index (κ2) is 9.09. The summed E-state index contributed by atoms with van der Waals surface area (Å²) in [5.41, 5.74) is 6.12. The molecule has 0 spiro atoms. The van der Waals surface area contributed by atoms with Gasteiger partial charge in [-0.2, -0.15) is 0 Å². The molecule has 4 N–H and O–H groups in total. The number of aryl methyl sites for hydroxylation is 1. The highest BCUT2D eigenvalue weighted by molar-refractivity contribution is 14.1. The summed E-state index contributed by atoms with van der Waals surface area (Å²) >= 11 is 2.11. The molecule has 1 aromatic rings. The lowest BCUT2D eigenvalue weighted by Crippen LogP contribution is -2.56. The van der Waals surface area contributed by atoms with E-state index in [1.807, 2.05) is 17.7 Å². The van der Waals surface area contributed by atoms with Crippen LogP contribution in [0.25, 0.3) is 0 Å². The van der Waals surface area contributed by atoms with Crippen LogP contribution in [0.5, 0.6) is 0 Å². The number of nitrogens with two attached hydrogens (primary N) is 1. The van der Waals surface area contributed by atoms with E-state index in [1.165, 1.54) is 4.90 Å². The van der Waals surface area contributed by atoms with Gasteiger partial charge in [0.05, 0.1) is 5.69 Å². The van der Waals surface area contributed by atoms with Gasteiger partial charge in [0.1, 0.15) is 18.1 Å². The van der Waals surface area contributed by atoms with Gasteiger partial charge in [-0.1, -0.05) is 0 Å². The molecular weight excluding hydrogens is 491 g/mol. The van der Waals surface area contributed by atoms with Gasteiger partial charge in [0.2, 0.25) is 23.6 Å². The van der Waals surface area contributed by atoms with Crippen LogP contribution in [-0.2, 0) is 32.1 Å². The molecule has 3 atom stereocenters. The second-order valence-corrected chi connectivity index (χ2v) is 8.27. The molecule has 0 unspecified atom stereocenters. The third-order valence-corrected chi connectivity index (χ3v) is 6.18. The van der Waals surface area contributed by atoms with Crippen LogP contribution in [0.2, 0.25) is 0 Å². The number of likely N-dealkylation sites (tertiary alicyclic amines) is 1. The van der Waals surface area contributed by atoms with Crippen molar-refractivity contribution in [2.45, 2.75) is 63.7 Å². The summed E-state index contributed by atoms with van der Waals surface area (Å²) < 4.78 is 2.73. The van der Waals surface area contributed by atoms with Crippen LogP contribution in [0.4, 0.5) is 0 Å². The number of halogens is 1. The molecule has 2 aliphatic heterocycles. The first-order chi connectivity index (χ1) is 13.8. The number of rotatable bonds is 7. The number of aromatic nitrogens is 2. The lowest BCUT2D eigenvalue weighted by atomic mass is 10.1. The Labute approximate surface area is 182 Å². The maximum atomic E-state index is 13.2. The fourth-order valence-electron chi connectivity index (χ4n) is 3.78. The Hall–Kier alpha value is -2.18. The summed E-state index contributed by atoms with van der Waals surface area (Å²) in [6.45, 7) is 3.14. The predicted octanol–water partition coefficient (Wildman–Crippen LogP) is -0.710. The van der Waals surface area contributed by atoms with Gasteiger partial charge in [-0.15, -0.1) is 0 Å². The van der Waals surface area contributed by atoms with Crippen LogP contribution in [0.15, 0.2) is 6.20 Å². The highest BCUT2D eigenvalue weighted by Crippen LogP contribution is 2.20. The first-order valence-corrected chi connectivity index (χ1v) is 10.8. The smallest absolute Gasteiger partial charge is 0.246 e. The van der Waals surface area contributed by atoms with Gasteiger partial charge in [-0.3, -0.25) is 19.2 Å². The van der Waals surface area contributed by atoms with Crippen molar-refractivity contribution in [3.63, 3.8) is 0 Å². The van der Waals surface area contributed by atoms with Gasteiger partial charge in [0.25, 0.3) is 0 Å². The normalized spacial score (nSPS) is 22.4. The zero-order chi connectivity index (χ0) is 21.1. The molecule has 10 nitrogen and oxygen atoms in total. The van der Waals surface area contributed by atoms with E-state index < -0.39 is 29.9 Å². The molecule has 2 saturated heterocycles. The van der Waals surface area contributed by atoms with E-state index in [0.29, 0.717) is 31.5 Å². The van der Waals surface area contributed by atoms with E-state index in [9.17, 15) is 19.2 Å². The van der Waals surface area contributed by atoms with Crippen LogP contribution in [0.1, 0.15) is 38.3 Å². The number of hydrogen-bond donors (Lipinski definition) is 3. The molecule has 3 rings (SSSR count). The van der Waals surface area contributed by atoms with Gasteiger partial charge in [-0.05, 0) is 48.8 Å². The van der Waals surface area contributed by atoms with Gasteiger partial charge in [-0.25, -0.2) is 4.98 Å². The average molecular weight is 516 g/mol.